The third kappa shape index (κ3) is 5.46. The lowest BCUT2D eigenvalue weighted by atomic mass is 9.96. The average molecular weight is 554 g/mol. The number of carbonyl (C=O) groups is 2. The monoisotopic (exact) mass is 553 g/mol. The minimum Gasteiger partial charge on any atom is -0.478 e. The van der Waals surface area contributed by atoms with E-state index in [0.717, 1.165) is 39.6 Å². The molecule has 0 spiro atoms. The summed E-state index contributed by atoms with van der Waals surface area (Å²) in [6.07, 6.45) is 2.01. The number of hydrogen-bond donors (Lipinski definition) is 3. The van der Waals surface area contributed by atoms with Crippen molar-refractivity contribution in [3.05, 3.63) is 113 Å². The molecule has 40 heavy (non-hydrogen) atoms. The summed E-state index contributed by atoms with van der Waals surface area (Å²) in [5.41, 5.74) is 6.64. The summed E-state index contributed by atoms with van der Waals surface area (Å²) in [5, 5.41) is 16.5. The van der Waals surface area contributed by atoms with Gasteiger partial charge in [-0.05, 0) is 92.6 Å². The van der Waals surface area contributed by atoms with Gasteiger partial charge in [0.1, 0.15) is 0 Å². The molecule has 5 rings (SSSR count). The minimum absolute atomic E-state index is 0.0932. The van der Waals surface area contributed by atoms with E-state index in [4.69, 9.17) is 12.2 Å². The molecule has 0 saturated carbocycles. The molecule has 2 aromatic heterocycles. The van der Waals surface area contributed by atoms with E-state index < -0.39 is 5.97 Å². The first-order valence-corrected chi connectivity index (χ1v) is 13.5. The first kappa shape index (κ1) is 27.1. The van der Waals surface area contributed by atoms with Gasteiger partial charge in [-0.3, -0.25) is 9.78 Å². The Balaban J connectivity index is 1.48. The maximum atomic E-state index is 12.9. The largest absolute Gasteiger partial charge is 0.478 e. The van der Waals surface area contributed by atoms with Gasteiger partial charge in [0.2, 0.25) is 5.91 Å². The normalized spacial score (nSPS) is 16.6. The number of carbonyl (C=O) groups excluding carboxylic acids is 1. The van der Waals surface area contributed by atoms with Gasteiger partial charge in [0.25, 0.3) is 0 Å². The zero-order valence-electron chi connectivity index (χ0n) is 22.6. The lowest BCUT2D eigenvalue weighted by molar-refractivity contribution is -0.116. The molecule has 1 aliphatic rings. The van der Waals surface area contributed by atoms with Gasteiger partial charge < -0.3 is 25.2 Å². The Morgan fingerprint density at radius 2 is 1.82 bits per heavy atom. The highest BCUT2D eigenvalue weighted by atomic mass is 32.1. The van der Waals surface area contributed by atoms with Gasteiger partial charge >= 0.3 is 5.97 Å². The molecule has 4 aromatic rings. The number of carboxylic acid groups (broad SMARTS) is 1. The number of amides is 1. The third-order valence-electron chi connectivity index (χ3n) is 7.22. The van der Waals surface area contributed by atoms with E-state index in [2.05, 4.69) is 31.2 Å². The number of aromatic carboxylic acids is 1. The van der Waals surface area contributed by atoms with Gasteiger partial charge in [-0.15, -0.1) is 0 Å². The first-order valence-electron chi connectivity index (χ1n) is 13.1. The molecule has 8 nitrogen and oxygen atoms in total. The van der Waals surface area contributed by atoms with Crippen molar-refractivity contribution >= 4 is 34.9 Å². The fourth-order valence-electron chi connectivity index (χ4n) is 5.42. The minimum atomic E-state index is -0.972. The van der Waals surface area contributed by atoms with E-state index in [0.29, 0.717) is 11.7 Å². The van der Waals surface area contributed by atoms with Crippen molar-refractivity contribution in [2.24, 2.45) is 0 Å². The number of rotatable bonds is 8. The van der Waals surface area contributed by atoms with Gasteiger partial charge in [0.05, 0.1) is 23.3 Å². The Morgan fingerprint density at radius 1 is 1.02 bits per heavy atom. The van der Waals surface area contributed by atoms with E-state index in [1.54, 1.807) is 24.4 Å². The number of hydrogen-bond acceptors (Lipinski definition) is 4. The predicted octanol–water partition coefficient (Wildman–Crippen LogP) is 5.50. The summed E-state index contributed by atoms with van der Waals surface area (Å²) < 4.78 is 2.06. The topological polar surface area (TPSA) is 99.5 Å². The second-order valence-electron chi connectivity index (χ2n) is 10.0. The summed E-state index contributed by atoms with van der Waals surface area (Å²) in [4.78, 5) is 31.2. The zero-order valence-corrected chi connectivity index (χ0v) is 23.4. The van der Waals surface area contributed by atoms with Gasteiger partial charge in [0.15, 0.2) is 5.11 Å². The number of pyridine rings is 1. The van der Waals surface area contributed by atoms with E-state index in [-0.39, 0.29) is 30.0 Å². The van der Waals surface area contributed by atoms with Crippen molar-refractivity contribution in [1.29, 1.82) is 0 Å². The maximum absolute atomic E-state index is 12.9. The highest BCUT2D eigenvalue weighted by Gasteiger charge is 2.41. The Bertz CT molecular complexity index is 1580. The van der Waals surface area contributed by atoms with Crippen LogP contribution in [0, 0.1) is 20.8 Å². The lowest BCUT2D eigenvalue weighted by Crippen LogP contribution is -2.32. The molecule has 3 heterocycles. The van der Waals surface area contributed by atoms with E-state index in [1.807, 2.05) is 69.3 Å². The molecule has 9 heteroatoms. The Morgan fingerprint density at radius 3 is 2.55 bits per heavy atom. The Hall–Kier alpha value is -4.50. The van der Waals surface area contributed by atoms with E-state index >= 15 is 0 Å². The van der Waals surface area contributed by atoms with E-state index in [1.165, 1.54) is 0 Å². The molecule has 1 amide bonds. The van der Waals surface area contributed by atoms with Crippen LogP contribution in [-0.2, 0) is 4.79 Å². The maximum Gasteiger partial charge on any atom is 0.335 e. The Kier molecular flexibility index (Phi) is 7.66. The predicted molar refractivity (Wildman–Crippen MR) is 159 cm³/mol. The second kappa shape index (κ2) is 11.3. The molecular weight excluding hydrogens is 522 g/mol. The summed E-state index contributed by atoms with van der Waals surface area (Å²) in [5.74, 6) is -1.07. The quantitative estimate of drug-likeness (QED) is 0.248. The lowest BCUT2D eigenvalue weighted by Gasteiger charge is -2.28. The van der Waals surface area contributed by atoms with Crippen LogP contribution >= 0.6 is 12.2 Å². The summed E-state index contributed by atoms with van der Waals surface area (Å²) in [6, 6.07) is 22.1. The highest BCUT2D eigenvalue weighted by molar-refractivity contribution is 7.80. The first-order chi connectivity index (χ1) is 19.2. The van der Waals surface area contributed by atoms with Crippen molar-refractivity contribution in [2.75, 3.05) is 11.9 Å². The zero-order chi connectivity index (χ0) is 28.4. The molecule has 1 fully saturated rings. The molecule has 0 aliphatic carbocycles. The number of aromatic nitrogens is 2. The second-order valence-corrected chi connectivity index (χ2v) is 10.4. The van der Waals surface area contributed by atoms with Crippen LogP contribution in [0.1, 0.15) is 57.1 Å². The number of anilines is 1. The van der Waals surface area contributed by atoms with Gasteiger partial charge in [0, 0.05) is 41.9 Å². The molecule has 0 radical (unpaired) electrons. The molecule has 204 valence electrons. The number of nitrogens with one attached hydrogen (secondary N) is 2. The van der Waals surface area contributed by atoms with E-state index in [9.17, 15) is 14.7 Å². The number of aryl methyl sites for hydroxylation is 2. The molecular formula is C31H31N5O3S. The van der Waals surface area contributed by atoms with Crippen LogP contribution in [0.4, 0.5) is 5.69 Å². The summed E-state index contributed by atoms with van der Waals surface area (Å²) in [7, 11) is 0. The smallest absolute Gasteiger partial charge is 0.335 e. The number of thiocarbonyl (C=S) groups is 1. The SMILES string of the molecule is Cc1cccc(NC(=O)CCN2C(=S)N[C@H](c3ccccn3)[C@H]2c2cc(C)n(-c3cccc(C(=O)O)c3)c2C)c1. The van der Waals surface area contributed by atoms with Crippen molar-refractivity contribution < 1.29 is 14.7 Å². The average Bonchev–Trinajstić information content (AvgIpc) is 3.42. The summed E-state index contributed by atoms with van der Waals surface area (Å²) in [6.45, 7) is 6.42. The van der Waals surface area contributed by atoms with Gasteiger partial charge in [-0.1, -0.05) is 24.3 Å². The van der Waals surface area contributed by atoms with Crippen LogP contribution in [0.3, 0.4) is 0 Å². The van der Waals surface area contributed by atoms with Crippen molar-refractivity contribution in [2.45, 2.75) is 39.3 Å². The van der Waals surface area contributed by atoms with Crippen molar-refractivity contribution in [3.63, 3.8) is 0 Å². The van der Waals surface area contributed by atoms with Crippen LogP contribution in [0.15, 0.2) is 79.0 Å². The third-order valence-corrected chi connectivity index (χ3v) is 7.57. The van der Waals surface area contributed by atoms with Crippen LogP contribution in [-0.4, -0.2) is 43.1 Å². The highest BCUT2D eigenvalue weighted by Crippen LogP contribution is 2.41. The van der Waals surface area contributed by atoms with Crippen LogP contribution in [0.2, 0.25) is 0 Å². The molecule has 1 saturated heterocycles. The fraction of sp³-hybridized carbons (Fsp3) is 0.226. The number of benzene rings is 2. The van der Waals surface area contributed by atoms with Crippen LogP contribution in [0.25, 0.3) is 5.69 Å². The standard InChI is InChI=1S/C31H31N5O3S/c1-19-8-6-10-23(16-19)33-27(37)13-15-35-29(28(34-31(35)40)26-12-4-5-14-32-26)25-17-20(2)36(21(25)3)24-11-7-9-22(18-24)30(38)39/h4-12,14,16-18,28-29H,13,15H2,1-3H3,(H,33,37)(H,34,40)(H,38,39)/t28-,29-/m1/s1. The molecule has 3 N–H and O–H groups in total. The molecule has 0 unspecified atom stereocenters. The Labute approximate surface area is 238 Å². The molecule has 2 atom stereocenters. The number of carboxylic acids is 1. The fourth-order valence-corrected chi connectivity index (χ4v) is 5.75. The molecule has 1 aliphatic heterocycles. The van der Waals surface area contributed by atoms with Crippen molar-refractivity contribution in [1.82, 2.24) is 19.8 Å². The molecule has 2 aromatic carbocycles. The van der Waals surface area contributed by atoms with Crippen LogP contribution in [0.5, 0.6) is 0 Å². The number of nitrogens with zero attached hydrogens (tertiary/aromatic N) is 3. The molecule has 0 bridgehead atoms. The van der Waals surface area contributed by atoms with Gasteiger partial charge in [-0.25, -0.2) is 4.79 Å². The van der Waals surface area contributed by atoms with Gasteiger partial charge in [-0.2, -0.15) is 0 Å². The summed E-state index contributed by atoms with van der Waals surface area (Å²) >= 11 is 5.80. The van der Waals surface area contributed by atoms with Crippen molar-refractivity contribution in [3.8, 4) is 5.69 Å². The van der Waals surface area contributed by atoms with Crippen LogP contribution < -0.4 is 10.6 Å².